The number of hydrogen-bond donors (Lipinski definition) is 2. The van der Waals surface area contributed by atoms with Crippen molar-refractivity contribution in [2.24, 2.45) is 4.99 Å². The lowest BCUT2D eigenvalue weighted by Crippen LogP contribution is -2.21. The zero-order chi connectivity index (χ0) is 14.2. The molecule has 0 radical (unpaired) electrons. The van der Waals surface area contributed by atoms with E-state index in [1.807, 2.05) is 42.5 Å². The third kappa shape index (κ3) is 4.50. The molecule has 0 bridgehead atoms. The molecule has 20 heavy (non-hydrogen) atoms. The molecule has 2 N–H and O–H groups in total. The lowest BCUT2D eigenvalue weighted by molar-refractivity contribution is 0.0536. The van der Waals surface area contributed by atoms with Crippen molar-refractivity contribution in [3.8, 4) is 5.75 Å². The van der Waals surface area contributed by atoms with Crippen LogP contribution < -0.4 is 4.74 Å². The summed E-state index contributed by atoms with van der Waals surface area (Å²) in [5, 5.41) is 17.9. The average molecular weight is 271 g/mol. The lowest BCUT2D eigenvalue weighted by Gasteiger charge is -2.09. The largest absolute Gasteiger partial charge is 0.491 e. The van der Waals surface area contributed by atoms with Gasteiger partial charge in [-0.25, -0.2) is 0 Å². The van der Waals surface area contributed by atoms with Crippen LogP contribution in [0.1, 0.15) is 5.56 Å². The summed E-state index contributed by atoms with van der Waals surface area (Å²) in [5.74, 6) is 0.635. The van der Waals surface area contributed by atoms with Crippen LogP contribution in [-0.2, 0) is 0 Å². The number of aliphatic hydroxyl groups is 2. The SMILES string of the molecule is OCC(O)COc1ccc(N=Cc2ccccc2)cc1. The molecule has 2 aromatic rings. The van der Waals surface area contributed by atoms with E-state index in [1.165, 1.54) is 0 Å². The van der Waals surface area contributed by atoms with Gasteiger partial charge >= 0.3 is 0 Å². The van der Waals surface area contributed by atoms with Crippen LogP contribution >= 0.6 is 0 Å². The molecule has 0 spiro atoms. The van der Waals surface area contributed by atoms with Gasteiger partial charge < -0.3 is 14.9 Å². The van der Waals surface area contributed by atoms with Gasteiger partial charge in [0.1, 0.15) is 18.5 Å². The number of aliphatic imine (C=N–C) groups is 1. The second-order valence-electron chi connectivity index (χ2n) is 4.31. The van der Waals surface area contributed by atoms with E-state index in [2.05, 4.69) is 4.99 Å². The molecule has 0 amide bonds. The van der Waals surface area contributed by atoms with Crippen LogP contribution in [0.2, 0.25) is 0 Å². The molecule has 0 saturated heterocycles. The fraction of sp³-hybridized carbons (Fsp3) is 0.188. The van der Waals surface area contributed by atoms with E-state index in [0.29, 0.717) is 5.75 Å². The van der Waals surface area contributed by atoms with E-state index < -0.39 is 6.10 Å². The second kappa shape index (κ2) is 7.43. The van der Waals surface area contributed by atoms with Crippen LogP contribution in [0.3, 0.4) is 0 Å². The Hall–Kier alpha value is -2.17. The molecule has 0 aromatic heterocycles. The first-order chi connectivity index (χ1) is 9.78. The maximum absolute atomic E-state index is 9.19. The Morgan fingerprint density at radius 1 is 1.05 bits per heavy atom. The predicted molar refractivity (Wildman–Crippen MR) is 78.7 cm³/mol. The van der Waals surface area contributed by atoms with E-state index in [9.17, 15) is 5.11 Å². The van der Waals surface area contributed by atoms with Crippen LogP contribution in [-0.4, -0.2) is 35.7 Å². The minimum Gasteiger partial charge on any atom is -0.491 e. The molecule has 1 unspecified atom stereocenters. The Labute approximate surface area is 118 Å². The molecule has 0 saturated carbocycles. The van der Waals surface area contributed by atoms with E-state index in [0.717, 1.165) is 11.3 Å². The first kappa shape index (κ1) is 14.2. The molecule has 0 aliphatic rings. The molecular weight excluding hydrogens is 254 g/mol. The van der Waals surface area contributed by atoms with Crippen molar-refractivity contribution in [2.75, 3.05) is 13.2 Å². The molecule has 1 atom stereocenters. The Morgan fingerprint density at radius 3 is 2.40 bits per heavy atom. The topological polar surface area (TPSA) is 62.0 Å². The quantitative estimate of drug-likeness (QED) is 0.791. The minimum absolute atomic E-state index is 0.0725. The van der Waals surface area contributed by atoms with Gasteiger partial charge in [0.25, 0.3) is 0 Å². The monoisotopic (exact) mass is 271 g/mol. The molecule has 4 nitrogen and oxygen atoms in total. The van der Waals surface area contributed by atoms with Crippen molar-refractivity contribution in [3.05, 3.63) is 60.2 Å². The van der Waals surface area contributed by atoms with Gasteiger partial charge in [0.15, 0.2) is 0 Å². The summed E-state index contributed by atoms with van der Waals surface area (Å²) >= 11 is 0. The van der Waals surface area contributed by atoms with E-state index in [4.69, 9.17) is 9.84 Å². The van der Waals surface area contributed by atoms with Crippen molar-refractivity contribution < 1.29 is 14.9 Å². The summed E-state index contributed by atoms with van der Waals surface area (Å²) < 4.78 is 5.31. The van der Waals surface area contributed by atoms with Gasteiger partial charge in [-0.15, -0.1) is 0 Å². The molecule has 104 valence electrons. The molecule has 0 aliphatic carbocycles. The summed E-state index contributed by atoms with van der Waals surface area (Å²) in [6.45, 7) is -0.234. The highest BCUT2D eigenvalue weighted by Crippen LogP contribution is 2.18. The third-order valence-corrected chi connectivity index (χ3v) is 2.65. The van der Waals surface area contributed by atoms with E-state index in [1.54, 1.807) is 18.3 Å². The number of ether oxygens (including phenoxy) is 1. The van der Waals surface area contributed by atoms with Gasteiger partial charge in [-0.3, -0.25) is 4.99 Å². The van der Waals surface area contributed by atoms with Gasteiger partial charge in [0.2, 0.25) is 0 Å². The molecule has 0 heterocycles. The summed E-state index contributed by atoms with van der Waals surface area (Å²) in [6, 6.07) is 17.1. The Balaban J connectivity index is 1.93. The maximum atomic E-state index is 9.19. The standard InChI is InChI=1S/C16H17NO3/c18-11-15(19)12-20-16-8-6-14(7-9-16)17-10-13-4-2-1-3-5-13/h1-10,15,18-19H,11-12H2. The number of aliphatic hydroxyl groups excluding tert-OH is 2. The first-order valence-corrected chi connectivity index (χ1v) is 6.39. The Kier molecular flexibility index (Phi) is 5.29. The zero-order valence-corrected chi connectivity index (χ0v) is 11.0. The number of nitrogens with zero attached hydrogens (tertiary/aromatic N) is 1. The van der Waals surface area contributed by atoms with Gasteiger partial charge in [-0.1, -0.05) is 30.3 Å². The fourth-order valence-electron chi connectivity index (χ4n) is 1.56. The third-order valence-electron chi connectivity index (χ3n) is 2.65. The predicted octanol–water partition coefficient (Wildman–Crippen LogP) is 2.17. The molecule has 0 fully saturated rings. The molecule has 4 heteroatoms. The van der Waals surface area contributed by atoms with Crippen LogP contribution in [0.15, 0.2) is 59.6 Å². The Bertz CT molecular complexity index is 537. The molecule has 0 aliphatic heterocycles. The Morgan fingerprint density at radius 2 is 1.75 bits per heavy atom. The van der Waals surface area contributed by atoms with Gasteiger partial charge in [0, 0.05) is 6.21 Å². The number of hydrogen-bond acceptors (Lipinski definition) is 4. The van der Waals surface area contributed by atoms with E-state index >= 15 is 0 Å². The van der Waals surface area contributed by atoms with Gasteiger partial charge in [0.05, 0.1) is 12.3 Å². The van der Waals surface area contributed by atoms with Gasteiger partial charge in [-0.2, -0.15) is 0 Å². The van der Waals surface area contributed by atoms with E-state index in [-0.39, 0.29) is 13.2 Å². The smallest absolute Gasteiger partial charge is 0.119 e. The zero-order valence-electron chi connectivity index (χ0n) is 11.0. The highest BCUT2D eigenvalue weighted by Gasteiger charge is 2.02. The highest BCUT2D eigenvalue weighted by molar-refractivity contribution is 5.81. The van der Waals surface area contributed by atoms with Crippen LogP contribution in [0.25, 0.3) is 0 Å². The van der Waals surface area contributed by atoms with Crippen molar-refractivity contribution in [3.63, 3.8) is 0 Å². The normalized spacial score (nSPS) is 12.5. The van der Waals surface area contributed by atoms with Crippen molar-refractivity contribution in [2.45, 2.75) is 6.10 Å². The maximum Gasteiger partial charge on any atom is 0.119 e. The summed E-state index contributed by atoms with van der Waals surface area (Å²) in [7, 11) is 0. The van der Waals surface area contributed by atoms with Crippen molar-refractivity contribution >= 4 is 11.9 Å². The number of benzene rings is 2. The van der Waals surface area contributed by atoms with Crippen molar-refractivity contribution in [1.82, 2.24) is 0 Å². The summed E-state index contributed by atoms with van der Waals surface area (Å²) in [5.41, 5.74) is 1.86. The summed E-state index contributed by atoms with van der Waals surface area (Å²) in [4.78, 5) is 4.36. The minimum atomic E-state index is -0.856. The average Bonchev–Trinajstić information content (AvgIpc) is 2.52. The molecule has 2 rings (SSSR count). The van der Waals surface area contributed by atoms with Crippen LogP contribution in [0, 0.1) is 0 Å². The van der Waals surface area contributed by atoms with Crippen LogP contribution in [0.4, 0.5) is 5.69 Å². The first-order valence-electron chi connectivity index (χ1n) is 6.39. The highest BCUT2D eigenvalue weighted by atomic mass is 16.5. The second-order valence-corrected chi connectivity index (χ2v) is 4.31. The summed E-state index contributed by atoms with van der Waals surface area (Å²) in [6.07, 6.45) is 0.941. The van der Waals surface area contributed by atoms with Crippen molar-refractivity contribution in [1.29, 1.82) is 0 Å². The van der Waals surface area contributed by atoms with Crippen LogP contribution in [0.5, 0.6) is 5.75 Å². The number of rotatable bonds is 6. The van der Waals surface area contributed by atoms with Gasteiger partial charge in [-0.05, 0) is 29.8 Å². The lowest BCUT2D eigenvalue weighted by atomic mass is 10.2. The molecular formula is C16H17NO3. The fourth-order valence-corrected chi connectivity index (χ4v) is 1.56. The molecule has 2 aromatic carbocycles.